The molecule has 0 saturated carbocycles. The Hall–Kier alpha value is -2.44. The first-order valence-corrected chi connectivity index (χ1v) is 10.4. The van der Waals surface area contributed by atoms with Gasteiger partial charge in [0.15, 0.2) is 0 Å². The Morgan fingerprint density at radius 3 is 2.33 bits per heavy atom. The van der Waals surface area contributed by atoms with E-state index >= 15 is 0 Å². The number of benzene rings is 2. The average molecular weight is 413 g/mol. The van der Waals surface area contributed by atoms with Crippen LogP contribution < -0.4 is 9.47 Å². The van der Waals surface area contributed by atoms with Crippen LogP contribution in [0.15, 0.2) is 36.4 Å². The molecule has 0 aromatic heterocycles. The molecular weight excluding hydrogens is 395 g/mol. The smallest absolute Gasteiger partial charge is 0.313 e. The van der Waals surface area contributed by atoms with Crippen LogP contribution >= 0.6 is 19.5 Å². The predicted octanol–water partition coefficient (Wildman–Crippen LogP) is 5.81. The number of hydrogen-bond acceptors (Lipinski definition) is 6. The van der Waals surface area contributed by atoms with Crippen molar-refractivity contribution in [3.8, 4) is 17.2 Å². The maximum atomic E-state index is 11.3. The van der Waals surface area contributed by atoms with Crippen LogP contribution in [-0.4, -0.2) is 28.5 Å². The number of nitrogens with zero attached hydrogens (tertiary/aromatic N) is 2. The van der Waals surface area contributed by atoms with Gasteiger partial charge < -0.3 is 9.47 Å². The minimum absolute atomic E-state index is 0.0245. The molecule has 0 spiro atoms. The van der Waals surface area contributed by atoms with Gasteiger partial charge in [0.2, 0.25) is 11.5 Å². The van der Waals surface area contributed by atoms with E-state index in [2.05, 4.69) is 0 Å². The summed E-state index contributed by atoms with van der Waals surface area (Å²) in [5.74, 6) is 0.0296. The molecule has 144 valence electrons. The SMILES string of the molecule is CCP(C)C(C)Oc1cc(Oc2ccc(Cl)cc2[N+](=O)[O-])ccc1[N+](=O)[O-]. The lowest BCUT2D eigenvalue weighted by Gasteiger charge is -2.20. The maximum Gasteiger partial charge on any atom is 0.313 e. The molecule has 27 heavy (non-hydrogen) atoms. The van der Waals surface area contributed by atoms with Crippen molar-refractivity contribution >= 4 is 30.9 Å². The van der Waals surface area contributed by atoms with Crippen LogP contribution in [0.5, 0.6) is 17.2 Å². The van der Waals surface area contributed by atoms with Gasteiger partial charge in [-0.2, -0.15) is 0 Å². The third kappa shape index (κ3) is 5.28. The molecule has 2 aromatic rings. The molecule has 0 aliphatic rings. The first-order chi connectivity index (χ1) is 12.7. The molecule has 10 heteroatoms. The lowest BCUT2D eigenvalue weighted by Crippen LogP contribution is -2.11. The fraction of sp³-hybridized carbons (Fsp3) is 0.294. The fourth-order valence-electron chi connectivity index (χ4n) is 2.18. The van der Waals surface area contributed by atoms with Crippen molar-refractivity contribution in [1.29, 1.82) is 0 Å². The minimum atomic E-state index is -0.613. The van der Waals surface area contributed by atoms with E-state index in [9.17, 15) is 20.2 Å². The first kappa shape index (κ1) is 20.9. The number of ether oxygens (including phenoxy) is 2. The van der Waals surface area contributed by atoms with Crippen molar-refractivity contribution < 1.29 is 19.3 Å². The van der Waals surface area contributed by atoms with Crippen molar-refractivity contribution in [2.24, 2.45) is 0 Å². The Morgan fingerprint density at radius 2 is 1.74 bits per heavy atom. The van der Waals surface area contributed by atoms with Gasteiger partial charge in [0.1, 0.15) is 11.6 Å². The van der Waals surface area contributed by atoms with Crippen molar-refractivity contribution in [3.63, 3.8) is 0 Å². The maximum absolute atomic E-state index is 11.3. The molecule has 2 unspecified atom stereocenters. The zero-order valence-electron chi connectivity index (χ0n) is 14.9. The standard InChI is InChI=1S/C17H18ClN2O6P/c1-4-27(3)11(2)25-17-10-13(6-7-14(17)19(21)22)26-16-8-5-12(18)9-15(16)20(23)24/h5-11H,4H2,1-3H3. The molecule has 2 rings (SSSR count). The molecule has 0 bridgehead atoms. The highest BCUT2D eigenvalue weighted by atomic mass is 35.5. The van der Waals surface area contributed by atoms with E-state index in [0.717, 1.165) is 6.16 Å². The number of halogens is 1. The van der Waals surface area contributed by atoms with E-state index < -0.39 is 17.8 Å². The zero-order chi connectivity index (χ0) is 20.1. The summed E-state index contributed by atoms with van der Waals surface area (Å²) in [7, 11) is -0.460. The lowest BCUT2D eigenvalue weighted by atomic mass is 10.2. The summed E-state index contributed by atoms with van der Waals surface area (Å²) in [6.45, 7) is 5.93. The number of nitro benzene ring substituents is 2. The second-order valence-electron chi connectivity index (χ2n) is 5.65. The summed E-state index contributed by atoms with van der Waals surface area (Å²) < 4.78 is 11.4. The van der Waals surface area contributed by atoms with E-state index in [4.69, 9.17) is 21.1 Å². The van der Waals surface area contributed by atoms with E-state index in [-0.39, 0.29) is 39.5 Å². The van der Waals surface area contributed by atoms with Crippen LogP contribution in [0.4, 0.5) is 11.4 Å². The van der Waals surface area contributed by atoms with Crippen LogP contribution in [0.3, 0.4) is 0 Å². The summed E-state index contributed by atoms with van der Waals surface area (Å²) in [5, 5.41) is 22.7. The second kappa shape index (κ2) is 8.97. The van der Waals surface area contributed by atoms with Crippen molar-refractivity contribution in [3.05, 3.63) is 61.6 Å². The van der Waals surface area contributed by atoms with Gasteiger partial charge in [-0.3, -0.25) is 20.2 Å². The minimum Gasteiger partial charge on any atom is -0.479 e. The third-order valence-electron chi connectivity index (χ3n) is 3.89. The van der Waals surface area contributed by atoms with Gasteiger partial charge in [-0.1, -0.05) is 26.4 Å². The molecule has 0 aliphatic carbocycles. The molecule has 0 fully saturated rings. The summed E-state index contributed by atoms with van der Waals surface area (Å²) in [6, 6.07) is 7.98. The highest BCUT2D eigenvalue weighted by Crippen LogP contribution is 2.42. The van der Waals surface area contributed by atoms with Crippen LogP contribution in [-0.2, 0) is 0 Å². The highest BCUT2D eigenvalue weighted by Gasteiger charge is 2.22. The Balaban J connectivity index is 2.38. The molecule has 0 saturated heterocycles. The van der Waals surface area contributed by atoms with E-state index in [1.54, 1.807) is 0 Å². The van der Waals surface area contributed by atoms with E-state index in [0.29, 0.717) is 0 Å². The Kier molecular flexibility index (Phi) is 6.93. The quantitative estimate of drug-likeness (QED) is 0.308. The van der Waals surface area contributed by atoms with Gasteiger partial charge in [0, 0.05) is 23.2 Å². The average Bonchev–Trinajstić information content (AvgIpc) is 2.62. The fourth-order valence-corrected chi connectivity index (χ4v) is 3.15. The predicted molar refractivity (Wildman–Crippen MR) is 105 cm³/mol. The van der Waals surface area contributed by atoms with Crippen LogP contribution in [0.25, 0.3) is 0 Å². The van der Waals surface area contributed by atoms with Crippen LogP contribution in [0, 0.1) is 20.2 Å². The number of rotatable bonds is 8. The van der Waals surface area contributed by atoms with Gasteiger partial charge in [-0.15, -0.1) is 0 Å². The highest BCUT2D eigenvalue weighted by molar-refractivity contribution is 7.57. The third-order valence-corrected chi connectivity index (χ3v) is 6.47. The van der Waals surface area contributed by atoms with Crippen molar-refractivity contribution in [1.82, 2.24) is 0 Å². The molecule has 0 heterocycles. The molecular formula is C17H18ClN2O6P. The monoisotopic (exact) mass is 412 g/mol. The molecule has 0 N–H and O–H groups in total. The van der Waals surface area contributed by atoms with Crippen LogP contribution in [0.1, 0.15) is 13.8 Å². The summed E-state index contributed by atoms with van der Waals surface area (Å²) in [6.07, 6.45) is 0.914. The molecule has 2 atom stereocenters. The number of nitro groups is 2. The largest absolute Gasteiger partial charge is 0.479 e. The molecule has 0 aliphatic heterocycles. The molecule has 8 nitrogen and oxygen atoms in total. The van der Waals surface area contributed by atoms with Gasteiger partial charge in [-0.25, -0.2) is 0 Å². The lowest BCUT2D eigenvalue weighted by molar-refractivity contribution is -0.386. The van der Waals surface area contributed by atoms with Crippen molar-refractivity contribution in [2.75, 3.05) is 12.8 Å². The van der Waals surface area contributed by atoms with E-state index in [1.165, 1.54) is 36.4 Å². The normalized spacial score (nSPS) is 12.9. The summed E-state index contributed by atoms with van der Waals surface area (Å²) in [5.41, 5.74) is -0.501. The van der Waals surface area contributed by atoms with Gasteiger partial charge in [0.25, 0.3) is 0 Å². The van der Waals surface area contributed by atoms with E-state index in [1.807, 2.05) is 20.5 Å². The Bertz CT molecular complexity index is 863. The summed E-state index contributed by atoms with van der Waals surface area (Å²) >= 11 is 5.79. The van der Waals surface area contributed by atoms with Crippen molar-refractivity contribution in [2.45, 2.75) is 19.7 Å². The first-order valence-electron chi connectivity index (χ1n) is 8.00. The molecule has 2 aromatic carbocycles. The topological polar surface area (TPSA) is 105 Å². The van der Waals surface area contributed by atoms with Gasteiger partial charge in [-0.05, 0) is 37.9 Å². The van der Waals surface area contributed by atoms with Gasteiger partial charge in [0.05, 0.1) is 9.85 Å². The van der Waals surface area contributed by atoms with Gasteiger partial charge >= 0.3 is 11.4 Å². The zero-order valence-corrected chi connectivity index (χ0v) is 16.6. The van der Waals surface area contributed by atoms with Crippen LogP contribution in [0.2, 0.25) is 5.02 Å². The molecule has 0 radical (unpaired) electrons. The Labute approximate surface area is 162 Å². The second-order valence-corrected chi connectivity index (χ2v) is 8.96. The molecule has 0 amide bonds. The summed E-state index contributed by atoms with van der Waals surface area (Å²) in [4.78, 5) is 21.3. The Morgan fingerprint density at radius 1 is 1.07 bits per heavy atom. The number of hydrogen-bond donors (Lipinski definition) is 0.